The Kier molecular flexibility index (Phi) is 4.50. The molecule has 28 heavy (non-hydrogen) atoms. The average Bonchev–Trinajstić information content (AvgIpc) is 3.06. The Bertz CT molecular complexity index is 1130. The van der Waals surface area contributed by atoms with Gasteiger partial charge in [-0.25, -0.2) is 4.98 Å². The van der Waals surface area contributed by atoms with Gasteiger partial charge in [-0.3, -0.25) is 0 Å². The van der Waals surface area contributed by atoms with E-state index in [-0.39, 0.29) is 5.41 Å². The van der Waals surface area contributed by atoms with E-state index in [0.717, 1.165) is 16.4 Å². The van der Waals surface area contributed by atoms with Gasteiger partial charge in [0, 0.05) is 15.2 Å². The summed E-state index contributed by atoms with van der Waals surface area (Å²) in [6.45, 7) is 6.65. The molecule has 1 fully saturated rings. The van der Waals surface area contributed by atoms with Gasteiger partial charge < -0.3 is 0 Å². The molecule has 1 saturated carbocycles. The third kappa shape index (κ3) is 3.06. The molecule has 1 aliphatic heterocycles. The molecule has 0 saturated heterocycles. The van der Waals surface area contributed by atoms with Gasteiger partial charge in [0.15, 0.2) is 0 Å². The van der Waals surface area contributed by atoms with Crippen LogP contribution in [0.25, 0.3) is 16.3 Å². The van der Waals surface area contributed by atoms with Crippen molar-refractivity contribution in [3.8, 4) is 0 Å². The minimum atomic E-state index is 0.0904. The molecule has 1 aromatic heterocycles. The van der Waals surface area contributed by atoms with Crippen molar-refractivity contribution in [2.45, 2.75) is 56.8 Å². The van der Waals surface area contributed by atoms with E-state index in [2.05, 4.69) is 69.0 Å². The first-order chi connectivity index (χ1) is 13.5. The monoisotopic (exact) mass is 403 g/mol. The summed E-state index contributed by atoms with van der Waals surface area (Å²) in [4.78, 5) is 7.38. The number of hydrogen-bond donors (Lipinski definition) is 0. The molecule has 5 rings (SSSR count). The number of allylic oxidation sites excluding steroid dienone is 1. The molecule has 2 unspecified atom stereocenters. The van der Waals surface area contributed by atoms with Crippen molar-refractivity contribution in [2.24, 2.45) is 5.92 Å². The molecular weight excluding hydrogens is 378 g/mol. The number of nitrogens with zero attached hydrogens (tertiary/aromatic N) is 1. The second-order valence-corrected chi connectivity index (χ2v) is 10.9. The van der Waals surface area contributed by atoms with Crippen LogP contribution in [0.3, 0.4) is 0 Å². The number of benzene rings is 2. The minimum absolute atomic E-state index is 0.0904. The predicted octanol–water partition coefficient (Wildman–Crippen LogP) is 7.72. The molecule has 0 N–H and O–H groups in total. The lowest BCUT2D eigenvalue weighted by Gasteiger charge is -2.41. The number of rotatable bonds is 2. The molecule has 142 valence electrons. The van der Waals surface area contributed by atoms with E-state index < -0.39 is 0 Å². The standard InChI is InChI=1S/C25H25NS2/c1-16-5-4-12-25(15-16,21-9-11-24-22(14-21)26-18(3)28-24)20-8-10-23-19(13-20)7-6-17(2)27-23/h7-11,13-14,16H,4-5,12,15H2,1-3H3. The molecule has 1 aliphatic carbocycles. The summed E-state index contributed by atoms with van der Waals surface area (Å²) in [5, 5.41) is 1.15. The average molecular weight is 404 g/mol. The fourth-order valence-corrected chi connectivity index (χ4v) is 6.64. The Labute approximate surface area is 175 Å². The van der Waals surface area contributed by atoms with Crippen LogP contribution in [-0.2, 0) is 5.41 Å². The summed E-state index contributed by atoms with van der Waals surface area (Å²) in [5.41, 5.74) is 8.87. The van der Waals surface area contributed by atoms with Gasteiger partial charge in [0.1, 0.15) is 0 Å². The molecule has 0 spiro atoms. The third-order valence-electron chi connectivity index (χ3n) is 6.30. The van der Waals surface area contributed by atoms with Crippen LogP contribution in [0, 0.1) is 12.8 Å². The molecule has 2 heterocycles. The zero-order valence-electron chi connectivity index (χ0n) is 16.7. The van der Waals surface area contributed by atoms with Crippen molar-refractivity contribution in [3.63, 3.8) is 0 Å². The lowest BCUT2D eigenvalue weighted by molar-refractivity contribution is 0.272. The largest absolute Gasteiger partial charge is 0.242 e. The van der Waals surface area contributed by atoms with E-state index in [1.807, 2.05) is 11.8 Å². The van der Waals surface area contributed by atoms with E-state index in [9.17, 15) is 0 Å². The minimum Gasteiger partial charge on any atom is -0.242 e. The van der Waals surface area contributed by atoms with Gasteiger partial charge in [-0.2, -0.15) is 0 Å². The van der Waals surface area contributed by atoms with Gasteiger partial charge in [-0.05, 0) is 79.6 Å². The van der Waals surface area contributed by atoms with Crippen molar-refractivity contribution in [3.05, 3.63) is 68.7 Å². The first-order valence-electron chi connectivity index (χ1n) is 10.2. The number of thiazole rings is 1. The second-order valence-electron chi connectivity index (χ2n) is 8.40. The molecule has 3 aromatic rings. The zero-order chi connectivity index (χ0) is 19.3. The fraction of sp³-hybridized carbons (Fsp3) is 0.360. The lowest BCUT2D eigenvalue weighted by atomic mass is 9.62. The molecule has 1 nitrogen and oxygen atoms in total. The molecule has 0 radical (unpaired) electrons. The normalized spacial score (nSPS) is 24.2. The van der Waals surface area contributed by atoms with Crippen molar-refractivity contribution in [1.29, 1.82) is 0 Å². The number of aryl methyl sites for hydroxylation is 1. The Morgan fingerprint density at radius 1 is 1.11 bits per heavy atom. The van der Waals surface area contributed by atoms with Gasteiger partial charge in [-0.15, -0.1) is 17.1 Å². The first-order valence-corrected chi connectivity index (χ1v) is 11.8. The highest BCUT2D eigenvalue weighted by atomic mass is 32.2. The van der Waals surface area contributed by atoms with Crippen LogP contribution in [0.4, 0.5) is 0 Å². The number of thioether (sulfide) groups is 1. The Morgan fingerprint density at radius 3 is 2.79 bits per heavy atom. The first kappa shape index (κ1) is 18.2. The highest BCUT2D eigenvalue weighted by molar-refractivity contribution is 8.03. The van der Waals surface area contributed by atoms with Crippen LogP contribution in [-0.4, -0.2) is 4.98 Å². The van der Waals surface area contributed by atoms with Crippen LogP contribution in [0.15, 0.2) is 51.9 Å². The molecule has 3 heteroatoms. The van der Waals surface area contributed by atoms with Crippen LogP contribution >= 0.6 is 23.1 Å². The summed E-state index contributed by atoms with van der Waals surface area (Å²) in [7, 11) is 0. The van der Waals surface area contributed by atoms with Gasteiger partial charge in [-0.1, -0.05) is 43.7 Å². The maximum atomic E-state index is 4.79. The summed E-state index contributed by atoms with van der Waals surface area (Å²) < 4.78 is 1.30. The fourth-order valence-electron chi connectivity index (χ4n) is 5.01. The van der Waals surface area contributed by atoms with Gasteiger partial charge >= 0.3 is 0 Å². The molecular formula is C25H25NS2. The molecule has 2 aromatic carbocycles. The van der Waals surface area contributed by atoms with Crippen LogP contribution in [0.5, 0.6) is 0 Å². The maximum absolute atomic E-state index is 4.79. The van der Waals surface area contributed by atoms with E-state index in [0.29, 0.717) is 0 Å². The number of aromatic nitrogens is 1. The molecule has 2 atom stereocenters. The van der Waals surface area contributed by atoms with Gasteiger partial charge in [0.25, 0.3) is 0 Å². The molecule has 2 aliphatic rings. The van der Waals surface area contributed by atoms with E-state index in [1.165, 1.54) is 56.9 Å². The summed E-state index contributed by atoms with van der Waals surface area (Å²) in [6, 6.07) is 14.2. The molecule has 0 bridgehead atoms. The third-order valence-corrected chi connectivity index (χ3v) is 8.27. The van der Waals surface area contributed by atoms with E-state index in [4.69, 9.17) is 4.98 Å². The summed E-state index contributed by atoms with van der Waals surface area (Å²) in [6.07, 6.45) is 7.22. The number of hydrogen-bond acceptors (Lipinski definition) is 3. The second kappa shape index (κ2) is 6.91. The summed E-state index contributed by atoms with van der Waals surface area (Å²) in [5.74, 6) is 0.740. The lowest BCUT2D eigenvalue weighted by Crippen LogP contribution is -2.33. The van der Waals surface area contributed by atoms with E-state index in [1.54, 1.807) is 11.3 Å². The molecule has 0 amide bonds. The van der Waals surface area contributed by atoms with Crippen molar-refractivity contribution in [1.82, 2.24) is 4.98 Å². The van der Waals surface area contributed by atoms with Crippen molar-refractivity contribution < 1.29 is 0 Å². The van der Waals surface area contributed by atoms with Crippen molar-refractivity contribution in [2.75, 3.05) is 0 Å². The smallest absolute Gasteiger partial charge is 0.0907 e. The van der Waals surface area contributed by atoms with E-state index >= 15 is 0 Å². The zero-order valence-corrected chi connectivity index (χ0v) is 18.3. The SMILES string of the molecule is CC1=C=Cc2cc(C3(c4ccc5sc(C)nc5c4)CCCC(C)C3)ccc2S1. The Morgan fingerprint density at radius 2 is 1.93 bits per heavy atom. The Hall–Kier alpha value is -1.80. The van der Waals surface area contributed by atoms with Crippen LogP contribution < -0.4 is 0 Å². The van der Waals surface area contributed by atoms with Crippen LogP contribution in [0.2, 0.25) is 0 Å². The number of fused-ring (bicyclic) bond motifs is 2. The summed E-state index contributed by atoms with van der Waals surface area (Å²) >= 11 is 3.62. The highest BCUT2D eigenvalue weighted by Gasteiger charge is 2.38. The van der Waals surface area contributed by atoms with Crippen LogP contribution in [0.1, 0.15) is 61.2 Å². The predicted molar refractivity (Wildman–Crippen MR) is 122 cm³/mol. The highest BCUT2D eigenvalue weighted by Crippen LogP contribution is 2.48. The maximum Gasteiger partial charge on any atom is 0.0907 e. The Balaban J connectivity index is 1.68. The van der Waals surface area contributed by atoms with Crippen molar-refractivity contribution >= 4 is 39.4 Å². The topological polar surface area (TPSA) is 12.9 Å². The quantitative estimate of drug-likeness (QED) is 0.406. The van der Waals surface area contributed by atoms with Gasteiger partial charge in [0.05, 0.1) is 15.2 Å². The van der Waals surface area contributed by atoms with Gasteiger partial charge in [0.2, 0.25) is 0 Å².